The summed E-state index contributed by atoms with van der Waals surface area (Å²) >= 11 is 0. The molecule has 0 atom stereocenters. The molecule has 4 rings (SSSR count). The number of halogens is 1. The Kier molecular flexibility index (Phi) is 4.31. The number of aromatic nitrogens is 3. The number of aryl methyl sites for hydroxylation is 1. The van der Waals surface area contributed by atoms with Crippen molar-refractivity contribution in [2.45, 2.75) is 13.5 Å². The highest BCUT2D eigenvalue weighted by Gasteiger charge is 2.14. The number of anilines is 1. The Morgan fingerprint density at radius 1 is 1.14 bits per heavy atom. The van der Waals surface area contributed by atoms with Crippen molar-refractivity contribution in [1.82, 2.24) is 14.2 Å². The van der Waals surface area contributed by atoms with Gasteiger partial charge >= 0.3 is 0 Å². The number of fused-ring (bicyclic) bond motifs is 3. The topological polar surface area (TPSA) is 77.6 Å². The molecule has 1 amide bonds. The van der Waals surface area contributed by atoms with Crippen LogP contribution in [0.3, 0.4) is 0 Å². The number of carbonyl (C=O) groups is 1. The predicted octanol–water partition coefficient (Wildman–Crippen LogP) is 3.07. The molecule has 0 bridgehead atoms. The van der Waals surface area contributed by atoms with Crippen molar-refractivity contribution in [1.29, 1.82) is 0 Å². The SMILES string of the molecule is CCn1c(=O)c2ccnn2c2ccc(C(=O)Nc3ccc(OC)c(F)c3)cc21. The Bertz CT molecular complexity index is 1280. The minimum absolute atomic E-state index is 0.0962. The first-order valence-electron chi connectivity index (χ1n) is 8.68. The Hall–Kier alpha value is -3.68. The van der Waals surface area contributed by atoms with E-state index in [1.54, 1.807) is 45.6 Å². The lowest BCUT2D eigenvalue weighted by atomic mass is 10.1. The van der Waals surface area contributed by atoms with E-state index in [0.29, 0.717) is 34.3 Å². The number of carbonyl (C=O) groups excluding carboxylic acids is 1. The van der Waals surface area contributed by atoms with Crippen molar-refractivity contribution >= 4 is 28.1 Å². The van der Waals surface area contributed by atoms with E-state index >= 15 is 0 Å². The van der Waals surface area contributed by atoms with Gasteiger partial charge in [-0.25, -0.2) is 8.91 Å². The second kappa shape index (κ2) is 6.80. The van der Waals surface area contributed by atoms with E-state index in [-0.39, 0.29) is 11.3 Å². The van der Waals surface area contributed by atoms with Crippen molar-refractivity contribution in [2.75, 3.05) is 12.4 Å². The predicted molar refractivity (Wildman–Crippen MR) is 104 cm³/mol. The molecule has 0 aliphatic heterocycles. The van der Waals surface area contributed by atoms with E-state index in [9.17, 15) is 14.0 Å². The van der Waals surface area contributed by atoms with Crippen molar-refractivity contribution in [3.05, 3.63) is 70.4 Å². The Morgan fingerprint density at radius 2 is 1.96 bits per heavy atom. The zero-order valence-corrected chi connectivity index (χ0v) is 15.3. The zero-order valence-electron chi connectivity index (χ0n) is 15.3. The molecule has 2 aromatic heterocycles. The molecule has 0 aliphatic carbocycles. The summed E-state index contributed by atoms with van der Waals surface area (Å²) in [6.45, 7) is 2.31. The lowest BCUT2D eigenvalue weighted by Gasteiger charge is -2.12. The van der Waals surface area contributed by atoms with Gasteiger partial charge in [-0.2, -0.15) is 5.10 Å². The molecule has 28 heavy (non-hydrogen) atoms. The minimum atomic E-state index is -0.570. The molecule has 7 nitrogen and oxygen atoms in total. The monoisotopic (exact) mass is 380 g/mol. The van der Waals surface area contributed by atoms with Crippen LogP contribution in [0.1, 0.15) is 17.3 Å². The summed E-state index contributed by atoms with van der Waals surface area (Å²) in [6, 6.07) is 10.9. The summed E-state index contributed by atoms with van der Waals surface area (Å²) in [5.74, 6) is -0.888. The van der Waals surface area contributed by atoms with Crippen LogP contribution in [0.25, 0.3) is 16.6 Å². The molecular weight excluding hydrogens is 363 g/mol. The standard InChI is InChI=1S/C20H17FN4O3/c1-3-24-17-10-12(4-6-15(17)25-16(20(24)27)8-9-22-25)19(26)23-13-5-7-18(28-2)14(21)11-13/h4-11H,3H2,1-2H3,(H,23,26). The number of nitrogens with one attached hydrogen (secondary N) is 1. The highest BCUT2D eigenvalue weighted by atomic mass is 19.1. The minimum Gasteiger partial charge on any atom is -0.494 e. The van der Waals surface area contributed by atoms with Crippen molar-refractivity contribution in [3.63, 3.8) is 0 Å². The molecule has 2 heterocycles. The van der Waals surface area contributed by atoms with Gasteiger partial charge in [-0.3, -0.25) is 9.59 Å². The molecule has 0 saturated carbocycles. The fraction of sp³-hybridized carbons (Fsp3) is 0.150. The van der Waals surface area contributed by atoms with Gasteiger partial charge in [0.05, 0.1) is 24.3 Å². The number of hydrogen-bond donors (Lipinski definition) is 1. The molecule has 0 spiro atoms. The molecule has 0 radical (unpaired) electrons. The summed E-state index contributed by atoms with van der Waals surface area (Å²) in [4.78, 5) is 25.3. The summed E-state index contributed by atoms with van der Waals surface area (Å²) in [5.41, 5.74) is 2.25. The highest BCUT2D eigenvalue weighted by molar-refractivity contribution is 6.06. The normalized spacial score (nSPS) is 11.1. The molecule has 142 valence electrons. The Balaban J connectivity index is 1.77. The zero-order chi connectivity index (χ0) is 19.8. The van der Waals surface area contributed by atoms with Crippen LogP contribution in [0.2, 0.25) is 0 Å². The van der Waals surface area contributed by atoms with Crippen LogP contribution in [0, 0.1) is 5.82 Å². The summed E-state index contributed by atoms with van der Waals surface area (Å²) in [6.07, 6.45) is 1.56. The second-order valence-corrected chi connectivity index (χ2v) is 6.18. The van der Waals surface area contributed by atoms with E-state index in [4.69, 9.17) is 4.74 Å². The number of methoxy groups -OCH3 is 1. The highest BCUT2D eigenvalue weighted by Crippen LogP contribution is 2.22. The van der Waals surface area contributed by atoms with E-state index in [1.165, 1.54) is 19.2 Å². The molecule has 0 aliphatic rings. The summed E-state index contributed by atoms with van der Waals surface area (Å²) in [5, 5.41) is 6.86. The Labute approximate surface area is 159 Å². The van der Waals surface area contributed by atoms with Crippen LogP contribution in [0.15, 0.2) is 53.5 Å². The summed E-state index contributed by atoms with van der Waals surface area (Å²) in [7, 11) is 1.37. The second-order valence-electron chi connectivity index (χ2n) is 6.18. The van der Waals surface area contributed by atoms with E-state index in [1.807, 2.05) is 6.92 Å². The molecular formula is C20H17FN4O3. The van der Waals surface area contributed by atoms with Gasteiger partial charge in [-0.1, -0.05) is 0 Å². The molecule has 8 heteroatoms. The van der Waals surface area contributed by atoms with Gasteiger partial charge in [-0.05, 0) is 43.3 Å². The third-order valence-electron chi connectivity index (χ3n) is 4.59. The van der Waals surface area contributed by atoms with Crippen LogP contribution in [0.4, 0.5) is 10.1 Å². The molecule has 0 unspecified atom stereocenters. The number of amides is 1. The number of benzene rings is 2. The van der Waals surface area contributed by atoms with E-state index < -0.39 is 11.7 Å². The average molecular weight is 380 g/mol. The fourth-order valence-corrected chi connectivity index (χ4v) is 3.23. The smallest absolute Gasteiger partial charge is 0.277 e. The Morgan fingerprint density at radius 3 is 2.68 bits per heavy atom. The van der Waals surface area contributed by atoms with Gasteiger partial charge in [-0.15, -0.1) is 0 Å². The largest absolute Gasteiger partial charge is 0.494 e. The maximum Gasteiger partial charge on any atom is 0.277 e. The fourth-order valence-electron chi connectivity index (χ4n) is 3.23. The lowest BCUT2D eigenvalue weighted by molar-refractivity contribution is 0.102. The van der Waals surface area contributed by atoms with Gasteiger partial charge < -0.3 is 14.6 Å². The average Bonchev–Trinajstić information content (AvgIpc) is 3.18. The van der Waals surface area contributed by atoms with Crippen molar-refractivity contribution in [3.8, 4) is 5.75 Å². The maximum atomic E-state index is 13.8. The molecule has 2 aromatic carbocycles. The first-order chi connectivity index (χ1) is 13.5. The first-order valence-corrected chi connectivity index (χ1v) is 8.68. The van der Waals surface area contributed by atoms with Crippen molar-refractivity contribution in [2.24, 2.45) is 0 Å². The van der Waals surface area contributed by atoms with Crippen LogP contribution in [0.5, 0.6) is 5.75 Å². The lowest BCUT2D eigenvalue weighted by Crippen LogP contribution is -2.22. The maximum absolute atomic E-state index is 13.8. The first kappa shape index (κ1) is 17.7. The van der Waals surface area contributed by atoms with Crippen LogP contribution >= 0.6 is 0 Å². The van der Waals surface area contributed by atoms with Crippen LogP contribution < -0.4 is 15.6 Å². The summed E-state index contributed by atoms with van der Waals surface area (Å²) < 4.78 is 21.9. The third-order valence-corrected chi connectivity index (χ3v) is 4.59. The molecule has 0 saturated heterocycles. The van der Waals surface area contributed by atoms with Crippen LogP contribution in [-0.4, -0.2) is 27.2 Å². The van der Waals surface area contributed by atoms with Gasteiger partial charge in [0, 0.05) is 23.9 Å². The van der Waals surface area contributed by atoms with Gasteiger partial charge in [0.25, 0.3) is 11.5 Å². The van der Waals surface area contributed by atoms with Gasteiger partial charge in [0.15, 0.2) is 11.6 Å². The number of rotatable bonds is 4. The van der Waals surface area contributed by atoms with Crippen molar-refractivity contribution < 1.29 is 13.9 Å². The van der Waals surface area contributed by atoms with E-state index in [2.05, 4.69) is 10.4 Å². The van der Waals surface area contributed by atoms with Crippen LogP contribution in [-0.2, 0) is 6.54 Å². The third kappa shape index (κ3) is 2.79. The van der Waals surface area contributed by atoms with E-state index in [0.717, 1.165) is 0 Å². The molecule has 1 N–H and O–H groups in total. The molecule has 0 fully saturated rings. The van der Waals surface area contributed by atoms with Gasteiger partial charge in [0.2, 0.25) is 0 Å². The van der Waals surface area contributed by atoms with Gasteiger partial charge in [0.1, 0.15) is 5.52 Å². The number of hydrogen-bond acceptors (Lipinski definition) is 4. The quantitative estimate of drug-likeness (QED) is 0.590. The molecule has 4 aromatic rings. The number of nitrogens with zero attached hydrogens (tertiary/aromatic N) is 3. The number of ether oxygens (including phenoxy) is 1.